The van der Waals surface area contributed by atoms with Crippen molar-refractivity contribution in [3.63, 3.8) is 0 Å². The molecule has 0 saturated heterocycles. The Morgan fingerprint density at radius 1 is 1.03 bits per heavy atom. The first kappa shape index (κ1) is 23.0. The number of halogens is 7. The van der Waals surface area contributed by atoms with Crippen molar-refractivity contribution in [3.8, 4) is 0 Å². The molecule has 2 heterocycles. The zero-order chi connectivity index (χ0) is 23.2. The highest BCUT2D eigenvalue weighted by atomic mass is 35.5. The van der Waals surface area contributed by atoms with Crippen LogP contribution in [0.3, 0.4) is 0 Å². The van der Waals surface area contributed by atoms with Gasteiger partial charge in [-0.05, 0) is 35.9 Å². The minimum Gasteiger partial charge on any atom is -0.363 e. The van der Waals surface area contributed by atoms with Crippen LogP contribution < -0.4 is 10.6 Å². The molecule has 3 aromatic rings. The molecule has 168 valence electrons. The minimum absolute atomic E-state index is 0.0435. The van der Waals surface area contributed by atoms with Crippen LogP contribution in [-0.4, -0.2) is 21.9 Å². The molecule has 0 radical (unpaired) electrons. The molecular weight excluding hydrogens is 511 g/mol. The Balaban J connectivity index is 1.65. The Bertz CT molecular complexity index is 1200. The second-order valence-electron chi connectivity index (χ2n) is 7.10. The Morgan fingerprint density at radius 2 is 1.78 bits per heavy atom. The fourth-order valence-electron chi connectivity index (χ4n) is 3.41. The van der Waals surface area contributed by atoms with E-state index in [0.29, 0.717) is 15.6 Å². The van der Waals surface area contributed by atoms with Gasteiger partial charge in [0.1, 0.15) is 5.82 Å². The lowest BCUT2D eigenvalue weighted by molar-refractivity contribution is -0.173. The van der Waals surface area contributed by atoms with Crippen molar-refractivity contribution >= 4 is 63.8 Å². The molecule has 2 atom stereocenters. The first-order valence-electron chi connectivity index (χ1n) is 9.17. The summed E-state index contributed by atoms with van der Waals surface area (Å²) in [6, 6.07) is 7.64. The van der Waals surface area contributed by atoms with Crippen LogP contribution in [0.4, 0.5) is 24.7 Å². The van der Waals surface area contributed by atoms with Gasteiger partial charge in [-0.2, -0.15) is 18.3 Å². The Hall–Kier alpha value is -2.13. The molecule has 1 amide bonds. The van der Waals surface area contributed by atoms with E-state index in [1.165, 1.54) is 36.4 Å². The van der Waals surface area contributed by atoms with E-state index in [1.807, 2.05) is 0 Å². The van der Waals surface area contributed by atoms with Gasteiger partial charge in [0.25, 0.3) is 5.91 Å². The summed E-state index contributed by atoms with van der Waals surface area (Å²) < 4.78 is 42.3. The number of hydrogen-bond donors (Lipinski definition) is 2. The summed E-state index contributed by atoms with van der Waals surface area (Å²) >= 11 is 23.8. The Morgan fingerprint density at radius 3 is 2.44 bits per heavy atom. The van der Waals surface area contributed by atoms with E-state index in [4.69, 9.17) is 46.4 Å². The van der Waals surface area contributed by atoms with Crippen LogP contribution in [0.2, 0.25) is 20.1 Å². The van der Waals surface area contributed by atoms with Crippen LogP contribution in [0.1, 0.15) is 34.6 Å². The summed E-state index contributed by atoms with van der Waals surface area (Å²) in [6.45, 7) is 0. The van der Waals surface area contributed by atoms with Crippen molar-refractivity contribution in [2.24, 2.45) is 0 Å². The number of fused-ring (bicyclic) bond motifs is 1. The molecule has 0 bridgehead atoms. The highest BCUT2D eigenvalue weighted by Gasteiger charge is 2.46. The quantitative estimate of drug-likeness (QED) is 0.375. The van der Waals surface area contributed by atoms with Gasteiger partial charge in [0.15, 0.2) is 11.7 Å². The van der Waals surface area contributed by atoms with Crippen LogP contribution in [0, 0.1) is 0 Å². The van der Waals surface area contributed by atoms with Gasteiger partial charge in [0, 0.05) is 17.5 Å². The van der Waals surface area contributed by atoms with Gasteiger partial charge in [-0.3, -0.25) is 4.79 Å². The van der Waals surface area contributed by atoms with Crippen molar-refractivity contribution in [2.75, 3.05) is 10.6 Å². The van der Waals surface area contributed by atoms with Crippen LogP contribution in [0.15, 0.2) is 42.5 Å². The van der Waals surface area contributed by atoms with Gasteiger partial charge in [0.05, 0.1) is 26.8 Å². The maximum Gasteiger partial charge on any atom is 0.410 e. The van der Waals surface area contributed by atoms with Gasteiger partial charge in [-0.25, -0.2) is 4.68 Å². The van der Waals surface area contributed by atoms with Crippen LogP contribution in [-0.2, 0) is 0 Å². The first-order valence-corrected chi connectivity index (χ1v) is 10.7. The number of rotatable bonds is 3. The first-order chi connectivity index (χ1) is 15.0. The highest BCUT2D eigenvalue weighted by molar-refractivity contribution is 6.42. The maximum absolute atomic E-state index is 13.8. The number of carbonyl (C=O) groups excluding carboxylic acids is 1. The van der Waals surface area contributed by atoms with E-state index in [1.54, 1.807) is 6.07 Å². The number of carbonyl (C=O) groups is 1. The summed E-state index contributed by atoms with van der Waals surface area (Å²) in [7, 11) is 0. The number of benzene rings is 2. The average Bonchev–Trinajstić information content (AvgIpc) is 3.15. The summed E-state index contributed by atoms with van der Waals surface area (Å²) in [6.07, 6.45) is -4.94. The fraction of sp³-hybridized carbons (Fsp3) is 0.200. The van der Waals surface area contributed by atoms with Crippen molar-refractivity contribution in [1.29, 1.82) is 0 Å². The number of nitrogens with one attached hydrogen (secondary N) is 2. The molecule has 2 N–H and O–H groups in total. The lowest BCUT2D eigenvalue weighted by atomic mass is 9.97. The van der Waals surface area contributed by atoms with Crippen LogP contribution >= 0.6 is 46.4 Å². The molecular formula is C20H13Cl4F3N4O. The van der Waals surface area contributed by atoms with E-state index >= 15 is 0 Å². The molecule has 1 aromatic heterocycles. The number of aromatic nitrogens is 2. The van der Waals surface area contributed by atoms with Gasteiger partial charge in [-0.15, -0.1) is 0 Å². The standard InChI is InChI=1S/C20H13Cl4F3N4O/c21-10-2-4-14(13(24)6-10)29-19(32)16-8-18-28-15(9-1-3-11(22)12(23)5-9)7-17(20(25,26)27)31(18)30-16/h1-6,8,15,17,28H,7H2,(H,29,32)/t15-,17+/m1/s1. The van der Waals surface area contributed by atoms with E-state index < -0.39 is 24.2 Å². The third kappa shape index (κ3) is 4.64. The summed E-state index contributed by atoms with van der Waals surface area (Å²) in [4.78, 5) is 12.6. The molecule has 0 spiro atoms. The lowest BCUT2D eigenvalue weighted by Gasteiger charge is -2.33. The molecule has 0 saturated carbocycles. The van der Waals surface area contributed by atoms with E-state index in [9.17, 15) is 18.0 Å². The largest absolute Gasteiger partial charge is 0.410 e. The topological polar surface area (TPSA) is 59.0 Å². The Labute approximate surface area is 200 Å². The number of amides is 1. The molecule has 2 aromatic carbocycles. The second kappa shape index (κ2) is 8.67. The summed E-state index contributed by atoms with van der Waals surface area (Å²) in [5, 5.41) is 10.5. The number of hydrogen-bond acceptors (Lipinski definition) is 3. The molecule has 5 nitrogen and oxygen atoms in total. The van der Waals surface area contributed by atoms with Gasteiger partial charge in [-0.1, -0.05) is 52.5 Å². The monoisotopic (exact) mass is 522 g/mol. The average molecular weight is 524 g/mol. The SMILES string of the molecule is O=C(Nc1ccc(Cl)cc1Cl)c1cc2n(n1)[C@H](C(F)(F)F)C[C@H](c1ccc(Cl)c(Cl)c1)N2. The number of alkyl halides is 3. The van der Waals surface area contributed by atoms with Gasteiger partial charge in [0.2, 0.25) is 0 Å². The predicted octanol–water partition coefficient (Wildman–Crippen LogP) is 7.41. The van der Waals surface area contributed by atoms with Crippen molar-refractivity contribution < 1.29 is 18.0 Å². The smallest absolute Gasteiger partial charge is 0.363 e. The van der Waals surface area contributed by atoms with Gasteiger partial charge < -0.3 is 10.6 Å². The van der Waals surface area contributed by atoms with E-state index in [2.05, 4.69) is 15.7 Å². The van der Waals surface area contributed by atoms with Crippen molar-refractivity contribution in [2.45, 2.75) is 24.7 Å². The van der Waals surface area contributed by atoms with Crippen LogP contribution in [0.5, 0.6) is 0 Å². The molecule has 32 heavy (non-hydrogen) atoms. The predicted molar refractivity (Wildman–Crippen MR) is 119 cm³/mol. The molecule has 12 heteroatoms. The zero-order valence-electron chi connectivity index (χ0n) is 15.9. The number of nitrogens with zero attached hydrogens (tertiary/aromatic N) is 2. The zero-order valence-corrected chi connectivity index (χ0v) is 18.9. The normalized spacial score (nSPS) is 18.1. The third-order valence-electron chi connectivity index (χ3n) is 4.95. The molecule has 0 fully saturated rings. The molecule has 4 rings (SSSR count). The number of anilines is 2. The summed E-state index contributed by atoms with van der Waals surface area (Å²) in [5.41, 5.74) is 0.573. The molecule has 1 aliphatic heterocycles. The summed E-state index contributed by atoms with van der Waals surface area (Å²) in [5.74, 6) is -0.674. The van der Waals surface area contributed by atoms with Gasteiger partial charge >= 0.3 is 6.18 Å². The molecule has 0 unspecified atom stereocenters. The lowest BCUT2D eigenvalue weighted by Crippen LogP contribution is -2.35. The Kier molecular flexibility index (Phi) is 6.24. The second-order valence-corrected chi connectivity index (χ2v) is 8.76. The van der Waals surface area contributed by atoms with Crippen molar-refractivity contribution in [3.05, 3.63) is 73.8 Å². The van der Waals surface area contributed by atoms with Crippen LogP contribution in [0.25, 0.3) is 0 Å². The van der Waals surface area contributed by atoms with Crippen molar-refractivity contribution in [1.82, 2.24) is 9.78 Å². The fourth-order valence-corrected chi connectivity index (χ4v) is 4.17. The van der Waals surface area contributed by atoms with E-state index in [0.717, 1.165) is 4.68 Å². The minimum atomic E-state index is -4.59. The molecule has 0 aliphatic carbocycles. The maximum atomic E-state index is 13.8. The third-order valence-corrected chi connectivity index (χ3v) is 6.23. The highest BCUT2D eigenvalue weighted by Crippen LogP contribution is 2.44. The van der Waals surface area contributed by atoms with E-state index in [-0.39, 0.29) is 33.7 Å². The molecule has 1 aliphatic rings.